The van der Waals surface area contributed by atoms with E-state index < -0.39 is 11.1 Å². The third-order valence-electron chi connectivity index (χ3n) is 6.76. The summed E-state index contributed by atoms with van der Waals surface area (Å²) in [6.45, 7) is 5.24. The van der Waals surface area contributed by atoms with Crippen LogP contribution in [0.2, 0.25) is 0 Å². The number of nitrogens with zero attached hydrogens (tertiary/aromatic N) is 2. The van der Waals surface area contributed by atoms with Crippen LogP contribution in [-0.2, 0) is 0 Å². The predicted molar refractivity (Wildman–Crippen MR) is 123 cm³/mol. The van der Waals surface area contributed by atoms with E-state index >= 15 is 0 Å². The largest absolute Gasteiger partial charge is 0.316 e. The molecule has 1 aromatic carbocycles. The minimum atomic E-state index is -0.545. The van der Waals surface area contributed by atoms with Crippen LogP contribution in [0.4, 0.5) is 0 Å². The van der Waals surface area contributed by atoms with Crippen LogP contribution in [0, 0.1) is 5.92 Å². The van der Waals surface area contributed by atoms with Gasteiger partial charge in [-0.05, 0) is 50.7 Å². The van der Waals surface area contributed by atoms with Gasteiger partial charge in [-0.15, -0.1) is 0 Å². The Bertz CT molecular complexity index is 1050. The predicted octanol–water partition coefficient (Wildman–Crippen LogP) is 4.41. The van der Waals surface area contributed by atoms with Gasteiger partial charge in [0.25, 0.3) is 0 Å². The van der Waals surface area contributed by atoms with Gasteiger partial charge in [-0.1, -0.05) is 56.2 Å². The molecule has 4 atom stereocenters. The van der Waals surface area contributed by atoms with Crippen molar-refractivity contribution in [1.29, 1.82) is 0 Å². The standard InChI is InChI=1S/C25H33N3O2/c1-18-14-15-22(18)27(20-10-6-4-3-5-7-11-20)17-16-19(2)28-23-13-9-8-12-21(23)26-24(29)25(28)30/h6,8-10,12-15,18-20,22H,3-5,7,11,16-17H2,1-2H3,(H,26,29)/b10-6-/t18?,19-,20?,22+/m0/s1. The summed E-state index contributed by atoms with van der Waals surface area (Å²) in [7, 11) is 0. The molecule has 30 heavy (non-hydrogen) atoms. The summed E-state index contributed by atoms with van der Waals surface area (Å²) < 4.78 is 1.68. The molecular weight excluding hydrogens is 374 g/mol. The number of aromatic amines is 1. The molecule has 0 bridgehead atoms. The van der Waals surface area contributed by atoms with E-state index in [2.05, 4.69) is 48.0 Å². The minimum absolute atomic E-state index is 0.0518. The van der Waals surface area contributed by atoms with Crippen molar-refractivity contribution in [3.63, 3.8) is 0 Å². The van der Waals surface area contributed by atoms with Crippen LogP contribution in [0.3, 0.4) is 0 Å². The molecule has 2 aliphatic carbocycles. The fourth-order valence-electron chi connectivity index (χ4n) is 4.89. The van der Waals surface area contributed by atoms with Gasteiger partial charge in [-0.3, -0.25) is 19.1 Å². The van der Waals surface area contributed by atoms with E-state index in [0.717, 1.165) is 18.5 Å². The molecule has 1 N–H and O–H groups in total. The molecule has 2 aliphatic rings. The van der Waals surface area contributed by atoms with Crippen molar-refractivity contribution >= 4 is 11.0 Å². The van der Waals surface area contributed by atoms with E-state index in [4.69, 9.17) is 0 Å². The maximum atomic E-state index is 12.7. The first kappa shape index (κ1) is 20.9. The third kappa shape index (κ3) is 4.22. The maximum Gasteiger partial charge on any atom is 0.316 e. The second-order valence-electron chi connectivity index (χ2n) is 8.89. The molecule has 0 amide bonds. The van der Waals surface area contributed by atoms with Crippen molar-refractivity contribution in [3.05, 3.63) is 69.3 Å². The molecule has 5 heteroatoms. The second-order valence-corrected chi connectivity index (χ2v) is 8.89. The number of allylic oxidation sites excluding steroid dienone is 1. The first-order chi connectivity index (χ1) is 14.6. The highest BCUT2D eigenvalue weighted by Crippen LogP contribution is 2.29. The van der Waals surface area contributed by atoms with Crippen LogP contribution >= 0.6 is 0 Å². The average molecular weight is 408 g/mol. The quantitative estimate of drug-likeness (QED) is 0.570. The van der Waals surface area contributed by atoms with Crippen LogP contribution in [-0.4, -0.2) is 33.1 Å². The van der Waals surface area contributed by atoms with Gasteiger partial charge in [0.05, 0.1) is 11.0 Å². The summed E-state index contributed by atoms with van der Waals surface area (Å²) >= 11 is 0. The number of nitrogens with one attached hydrogen (secondary N) is 1. The zero-order chi connectivity index (χ0) is 21.1. The topological polar surface area (TPSA) is 58.1 Å². The molecule has 0 fully saturated rings. The van der Waals surface area contributed by atoms with Crippen LogP contribution in [0.15, 0.2) is 58.2 Å². The van der Waals surface area contributed by atoms with Crippen LogP contribution in [0.1, 0.15) is 58.4 Å². The van der Waals surface area contributed by atoms with Crippen LogP contribution < -0.4 is 11.1 Å². The lowest BCUT2D eigenvalue weighted by molar-refractivity contribution is 0.132. The van der Waals surface area contributed by atoms with Crippen molar-refractivity contribution in [1.82, 2.24) is 14.5 Å². The van der Waals surface area contributed by atoms with Crippen molar-refractivity contribution in [2.24, 2.45) is 5.92 Å². The molecule has 2 unspecified atom stereocenters. The normalized spacial score (nSPS) is 26.2. The zero-order valence-electron chi connectivity index (χ0n) is 18.1. The van der Waals surface area contributed by atoms with E-state index in [1.54, 1.807) is 4.57 Å². The molecule has 0 saturated heterocycles. The summed E-state index contributed by atoms with van der Waals surface area (Å²) in [6, 6.07) is 8.41. The maximum absolute atomic E-state index is 12.7. The number of H-pyrrole nitrogens is 1. The molecule has 0 spiro atoms. The molecule has 4 rings (SSSR count). The Balaban J connectivity index is 1.58. The molecule has 1 aromatic heterocycles. The van der Waals surface area contributed by atoms with Crippen molar-refractivity contribution in [2.45, 2.75) is 70.5 Å². The number of hydrogen-bond donors (Lipinski definition) is 1. The highest BCUT2D eigenvalue weighted by atomic mass is 16.2. The SMILES string of the molecule is CC1C=C[C@H]1N(CC[C@H](C)n1c(=O)c(=O)[nH]c2ccccc21)C1/C=C\CCCCC1. The smallest absolute Gasteiger partial charge is 0.316 e. The van der Waals surface area contributed by atoms with Gasteiger partial charge < -0.3 is 4.98 Å². The van der Waals surface area contributed by atoms with Gasteiger partial charge in [0.1, 0.15) is 0 Å². The highest BCUT2D eigenvalue weighted by Gasteiger charge is 2.31. The van der Waals surface area contributed by atoms with Crippen molar-refractivity contribution in [3.8, 4) is 0 Å². The Morgan fingerprint density at radius 3 is 2.73 bits per heavy atom. The van der Waals surface area contributed by atoms with Crippen LogP contribution in [0.25, 0.3) is 11.0 Å². The van der Waals surface area contributed by atoms with Crippen LogP contribution in [0.5, 0.6) is 0 Å². The van der Waals surface area contributed by atoms with Gasteiger partial charge >= 0.3 is 11.1 Å². The molecule has 2 aromatic rings. The third-order valence-corrected chi connectivity index (χ3v) is 6.76. The highest BCUT2D eigenvalue weighted by molar-refractivity contribution is 5.74. The Hall–Kier alpha value is -2.40. The van der Waals surface area contributed by atoms with Crippen molar-refractivity contribution in [2.75, 3.05) is 6.54 Å². The first-order valence-corrected chi connectivity index (χ1v) is 11.4. The van der Waals surface area contributed by atoms with Gasteiger partial charge in [-0.2, -0.15) is 0 Å². The summed E-state index contributed by atoms with van der Waals surface area (Å²) in [5, 5.41) is 0. The number of fused-ring (bicyclic) bond motifs is 1. The van der Waals surface area contributed by atoms with Gasteiger partial charge in [0, 0.05) is 24.7 Å². The molecule has 0 radical (unpaired) electrons. The van der Waals surface area contributed by atoms with E-state index in [-0.39, 0.29) is 6.04 Å². The van der Waals surface area contributed by atoms with Gasteiger partial charge in [0.2, 0.25) is 0 Å². The molecule has 160 valence electrons. The average Bonchev–Trinajstić information content (AvgIpc) is 2.70. The first-order valence-electron chi connectivity index (χ1n) is 11.4. The Morgan fingerprint density at radius 2 is 1.97 bits per heavy atom. The molecule has 0 saturated carbocycles. The lowest BCUT2D eigenvalue weighted by atomic mass is 9.87. The summed E-state index contributed by atoms with van der Waals surface area (Å²) in [6.07, 6.45) is 16.4. The van der Waals surface area contributed by atoms with E-state index in [0.29, 0.717) is 23.5 Å². The van der Waals surface area contributed by atoms with Gasteiger partial charge in [0.15, 0.2) is 0 Å². The zero-order valence-corrected chi connectivity index (χ0v) is 18.1. The Kier molecular flexibility index (Phi) is 6.38. The number of benzene rings is 1. The molecule has 1 heterocycles. The van der Waals surface area contributed by atoms with Gasteiger partial charge in [-0.25, -0.2) is 0 Å². The molecular formula is C25H33N3O2. The number of hydrogen-bond acceptors (Lipinski definition) is 3. The summed E-state index contributed by atoms with van der Waals surface area (Å²) in [5.74, 6) is 0.558. The molecule has 0 aliphatic heterocycles. The summed E-state index contributed by atoms with van der Waals surface area (Å²) in [4.78, 5) is 30.2. The minimum Gasteiger partial charge on any atom is -0.316 e. The Labute approximate surface area is 178 Å². The summed E-state index contributed by atoms with van der Waals surface area (Å²) in [5.41, 5.74) is 0.500. The second kappa shape index (κ2) is 9.17. The lowest BCUT2D eigenvalue weighted by Crippen LogP contribution is -2.48. The van der Waals surface area contributed by atoms with Crippen molar-refractivity contribution < 1.29 is 0 Å². The number of rotatable bonds is 6. The fraction of sp³-hybridized carbons (Fsp3) is 0.520. The van der Waals surface area contributed by atoms with E-state index in [9.17, 15) is 9.59 Å². The fourth-order valence-corrected chi connectivity index (χ4v) is 4.89. The van der Waals surface area contributed by atoms with E-state index in [1.807, 2.05) is 24.3 Å². The van der Waals surface area contributed by atoms with E-state index in [1.165, 1.54) is 32.1 Å². The lowest BCUT2D eigenvalue weighted by Gasteiger charge is -2.42. The number of aromatic nitrogens is 2. The number of para-hydroxylation sites is 2. The molecule has 5 nitrogen and oxygen atoms in total. The Morgan fingerprint density at radius 1 is 1.13 bits per heavy atom. The monoisotopic (exact) mass is 407 g/mol.